The number of hydrogen-bond acceptors (Lipinski definition) is 4. The molecular formula is C21H21ClF3N5OS. The predicted octanol–water partition coefficient (Wildman–Crippen LogP) is 4.04. The maximum atomic E-state index is 12.8. The van der Waals surface area contributed by atoms with Crippen LogP contribution in [-0.2, 0) is 24.6 Å². The van der Waals surface area contributed by atoms with E-state index in [4.69, 9.17) is 11.6 Å². The van der Waals surface area contributed by atoms with E-state index in [9.17, 15) is 17.4 Å². The summed E-state index contributed by atoms with van der Waals surface area (Å²) >= 11 is 6.13. The topological polar surface area (TPSA) is 53.7 Å². The number of aromatic nitrogens is 3. The molecule has 32 heavy (non-hydrogen) atoms. The van der Waals surface area contributed by atoms with E-state index in [-0.39, 0.29) is 23.3 Å². The molecule has 1 spiro atoms. The Morgan fingerprint density at radius 3 is 2.56 bits per heavy atom. The monoisotopic (exact) mass is 483 g/mol. The van der Waals surface area contributed by atoms with Gasteiger partial charge in [-0.3, -0.25) is 0 Å². The molecular weight excluding hydrogens is 463 g/mol. The lowest BCUT2D eigenvalue weighted by molar-refractivity contribution is -0.137. The number of alkyl halides is 3. The van der Waals surface area contributed by atoms with Gasteiger partial charge in [-0.05, 0) is 49.1 Å². The summed E-state index contributed by atoms with van der Waals surface area (Å²) < 4.78 is 53.5. The second kappa shape index (κ2) is 7.71. The van der Waals surface area contributed by atoms with Crippen molar-refractivity contribution in [3.05, 3.63) is 58.5 Å². The zero-order chi connectivity index (χ0) is 22.7. The van der Waals surface area contributed by atoms with Crippen molar-refractivity contribution < 1.29 is 17.4 Å². The third-order valence-electron chi connectivity index (χ3n) is 6.52. The van der Waals surface area contributed by atoms with Gasteiger partial charge in [0, 0.05) is 31.1 Å². The number of fused-ring (bicyclic) bond motifs is 1. The van der Waals surface area contributed by atoms with Crippen molar-refractivity contribution >= 4 is 34.8 Å². The van der Waals surface area contributed by atoms with Crippen LogP contribution in [0.2, 0.25) is 5.15 Å². The van der Waals surface area contributed by atoms with Crippen molar-refractivity contribution in [3.8, 4) is 0 Å². The average molecular weight is 484 g/mol. The van der Waals surface area contributed by atoms with Crippen molar-refractivity contribution in [1.29, 1.82) is 0 Å². The SMILES string of the molecule is Cc1cc(Cl)n2ncnc(N3CC4(CC(N(Cc5ccc(C(F)(F)F)cc5)[SH]=O)C4)C3)c12. The van der Waals surface area contributed by atoms with Gasteiger partial charge in [0.15, 0.2) is 5.82 Å². The van der Waals surface area contributed by atoms with Crippen LogP contribution < -0.4 is 4.90 Å². The maximum absolute atomic E-state index is 12.8. The van der Waals surface area contributed by atoms with Crippen LogP contribution in [0.4, 0.5) is 19.0 Å². The molecule has 2 aliphatic rings. The van der Waals surface area contributed by atoms with Crippen LogP contribution in [0.3, 0.4) is 0 Å². The molecule has 0 amide bonds. The third kappa shape index (κ3) is 3.68. The average Bonchev–Trinajstić information content (AvgIpc) is 2.99. The van der Waals surface area contributed by atoms with Gasteiger partial charge in [-0.1, -0.05) is 23.7 Å². The number of nitrogens with zero attached hydrogens (tertiary/aromatic N) is 5. The Morgan fingerprint density at radius 1 is 1.25 bits per heavy atom. The standard InChI is InChI=1S/C21H21ClF3N5OS/c1-13-6-17(22)30-18(13)19(26-12-27-30)28-10-20(11-28)7-16(8-20)29(32-31)9-14-2-4-15(5-3-14)21(23,24)25/h2-6,12,16,32H,7-11H2,1H3. The van der Waals surface area contributed by atoms with E-state index in [1.54, 1.807) is 8.82 Å². The van der Waals surface area contributed by atoms with Crippen molar-refractivity contribution in [2.24, 2.45) is 5.41 Å². The Morgan fingerprint density at radius 2 is 1.94 bits per heavy atom. The molecule has 1 aliphatic carbocycles. The van der Waals surface area contributed by atoms with E-state index < -0.39 is 11.7 Å². The summed E-state index contributed by atoms with van der Waals surface area (Å²) in [6.45, 7) is 4.03. The van der Waals surface area contributed by atoms with Gasteiger partial charge in [-0.15, -0.1) is 0 Å². The molecule has 0 N–H and O–H groups in total. The number of thiol groups is 1. The highest BCUT2D eigenvalue weighted by molar-refractivity contribution is 7.63. The number of hydrogen-bond donors (Lipinski definition) is 1. The van der Waals surface area contributed by atoms with Gasteiger partial charge in [0.2, 0.25) is 0 Å². The molecule has 3 aromatic rings. The van der Waals surface area contributed by atoms with E-state index in [0.717, 1.165) is 55.0 Å². The van der Waals surface area contributed by atoms with Crippen LogP contribution in [0.1, 0.15) is 29.5 Å². The van der Waals surface area contributed by atoms with Gasteiger partial charge in [0.25, 0.3) is 0 Å². The van der Waals surface area contributed by atoms with Gasteiger partial charge < -0.3 is 4.90 Å². The fourth-order valence-electron chi connectivity index (χ4n) is 4.92. The number of anilines is 1. The quantitative estimate of drug-likeness (QED) is 0.556. The van der Waals surface area contributed by atoms with E-state index in [2.05, 4.69) is 15.0 Å². The second-order valence-corrected chi connectivity index (χ2v) is 9.85. The molecule has 11 heteroatoms. The summed E-state index contributed by atoms with van der Waals surface area (Å²) in [5.41, 5.74) is 2.11. The van der Waals surface area contributed by atoms with Crippen LogP contribution in [0.5, 0.6) is 0 Å². The molecule has 1 saturated heterocycles. The minimum Gasteiger partial charge on any atom is -0.354 e. The summed E-state index contributed by atoms with van der Waals surface area (Å²) in [5.74, 6) is 0.863. The molecule has 170 valence electrons. The van der Waals surface area contributed by atoms with Gasteiger partial charge in [0.1, 0.15) is 17.0 Å². The third-order valence-corrected chi connectivity index (χ3v) is 7.47. The number of benzene rings is 1. The first-order valence-electron chi connectivity index (χ1n) is 10.2. The zero-order valence-corrected chi connectivity index (χ0v) is 18.8. The number of halogens is 4. The Labute approximate surface area is 191 Å². The summed E-state index contributed by atoms with van der Waals surface area (Å²) in [7, 11) is 0. The summed E-state index contributed by atoms with van der Waals surface area (Å²) in [6, 6.07) is 7.04. The zero-order valence-electron chi connectivity index (χ0n) is 17.2. The Balaban J connectivity index is 1.21. The van der Waals surface area contributed by atoms with Crippen molar-refractivity contribution in [2.45, 2.75) is 38.5 Å². The fourth-order valence-corrected chi connectivity index (χ4v) is 5.73. The summed E-state index contributed by atoms with van der Waals surface area (Å²) in [4.78, 5) is 6.68. The van der Waals surface area contributed by atoms with E-state index >= 15 is 0 Å². The lowest BCUT2D eigenvalue weighted by Crippen LogP contribution is -2.66. The van der Waals surface area contributed by atoms with Gasteiger partial charge in [-0.2, -0.15) is 18.3 Å². The molecule has 2 aromatic heterocycles. The first kappa shape index (κ1) is 21.7. The maximum Gasteiger partial charge on any atom is 0.416 e. The molecule has 1 aromatic carbocycles. The van der Waals surface area contributed by atoms with E-state index in [1.807, 2.05) is 13.0 Å². The normalized spacial score (nSPS) is 18.4. The molecule has 1 saturated carbocycles. The number of aryl methyl sites for hydroxylation is 1. The van der Waals surface area contributed by atoms with E-state index in [1.165, 1.54) is 18.5 Å². The van der Waals surface area contributed by atoms with Crippen LogP contribution in [-0.4, -0.2) is 42.2 Å². The fraction of sp³-hybridized carbons (Fsp3) is 0.429. The molecule has 5 rings (SSSR count). The van der Waals surface area contributed by atoms with Crippen LogP contribution in [0, 0.1) is 12.3 Å². The minimum atomic E-state index is -4.36. The Bertz CT molecular complexity index is 1170. The van der Waals surface area contributed by atoms with Crippen molar-refractivity contribution in [3.63, 3.8) is 0 Å². The highest BCUT2D eigenvalue weighted by Crippen LogP contribution is 2.52. The van der Waals surface area contributed by atoms with Crippen LogP contribution in [0.25, 0.3) is 5.52 Å². The Hall–Kier alpha value is -2.17. The van der Waals surface area contributed by atoms with Crippen LogP contribution in [0.15, 0.2) is 36.7 Å². The Kier molecular flexibility index (Phi) is 5.22. The van der Waals surface area contributed by atoms with Gasteiger partial charge in [0.05, 0.1) is 17.4 Å². The molecule has 0 radical (unpaired) electrons. The first-order chi connectivity index (χ1) is 15.2. The van der Waals surface area contributed by atoms with E-state index in [0.29, 0.717) is 17.3 Å². The second-order valence-electron chi connectivity index (χ2n) is 8.79. The smallest absolute Gasteiger partial charge is 0.354 e. The van der Waals surface area contributed by atoms with Gasteiger partial charge >= 0.3 is 6.18 Å². The van der Waals surface area contributed by atoms with Gasteiger partial charge in [-0.25, -0.2) is 18.0 Å². The molecule has 6 nitrogen and oxygen atoms in total. The molecule has 3 heterocycles. The highest BCUT2D eigenvalue weighted by atomic mass is 35.5. The highest BCUT2D eigenvalue weighted by Gasteiger charge is 2.54. The number of rotatable bonds is 5. The molecule has 0 bridgehead atoms. The van der Waals surface area contributed by atoms with Crippen LogP contribution >= 0.6 is 11.6 Å². The first-order valence-corrected chi connectivity index (χ1v) is 11.3. The summed E-state index contributed by atoms with van der Waals surface area (Å²) in [6.07, 6.45) is -1.07. The lowest BCUT2D eigenvalue weighted by atomic mass is 9.60. The minimum absolute atomic E-state index is 0.115. The molecule has 0 atom stereocenters. The lowest BCUT2D eigenvalue weighted by Gasteiger charge is -2.60. The molecule has 1 aliphatic heterocycles. The van der Waals surface area contributed by atoms with Crippen molar-refractivity contribution in [1.82, 2.24) is 18.9 Å². The molecule has 0 unspecified atom stereocenters. The largest absolute Gasteiger partial charge is 0.416 e. The predicted molar refractivity (Wildman–Crippen MR) is 117 cm³/mol. The molecule has 2 fully saturated rings. The summed E-state index contributed by atoms with van der Waals surface area (Å²) in [5, 5.41) is 4.77. The van der Waals surface area contributed by atoms with Crippen molar-refractivity contribution in [2.75, 3.05) is 18.0 Å².